The molecular weight excluding hydrogens is 827 g/mol. The first-order valence-electron chi connectivity index (χ1n) is 18.5. The number of thiophene rings is 1. The Balaban J connectivity index is 1.08. The Labute approximate surface area is 352 Å². The Kier molecular flexibility index (Phi) is 10.3. The zero-order valence-corrected chi connectivity index (χ0v) is 34.4. The topological polar surface area (TPSA) is 170 Å². The number of aromatic carboxylic acids is 1. The number of nitrogens with one attached hydrogen (secondary N) is 3. The smallest absolute Gasteiger partial charge is 0.345 e. The molecule has 4 N–H and O–H groups in total. The molecule has 0 aliphatic carbocycles. The van der Waals surface area contributed by atoms with E-state index in [-0.39, 0.29) is 57.5 Å². The van der Waals surface area contributed by atoms with Crippen LogP contribution >= 0.6 is 46.1 Å². The van der Waals surface area contributed by atoms with Crippen molar-refractivity contribution in [1.82, 2.24) is 25.3 Å². The molecule has 18 heteroatoms. The van der Waals surface area contributed by atoms with Crippen LogP contribution in [0.15, 0.2) is 72.8 Å². The maximum absolute atomic E-state index is 14.8. The molecule has 6 amide bonds. The van der Waals surface area contributed by atoms with Crippen LogP contribution in [0.4, 0.5) is 15.3 Å². The average Bonchev–Trinajstić information content (AvgIpc) is 4.02. The van der Waals surface area contributed by atoms with E-state index in [1.54, 1.807) is 26.1 Å². The SMILES string of the molecule is CCN1C(=O)N[C@@]2(CNC[C@H]2c2ccc(C(=N)c3ccc([C@@H]4CN(Cc5ccc(C(=O)O)s5)C[C@]45C(=O)N(c4cc(Cl)[n+](CCl)c(Cl)c4)C(=O)N5C)cc3)cc2)C1=O. The lowest BCUT2D eigenvalue weighted by atomic mass is 9.80. The molecule has 300 valence electrons. The standard InChI is InChI=1S/C40H37Cl3N8O6S/c1-3-49-35(54)39(46-37(49)56)19-45-16-28(39)22-4-8-24(9-5-22)33(44)25-10-6-23(7-11-25)29-18-48(17-27-12-13-30(58-27)34(52)53)20-40(29)36(55)51(38(57)47(40)2)26-14-31(42)50(21-41)32(43)15-26/h4-15,28-29,44-45H,3,16-21H2,1-2H3,(H-,46,52,53,56)/p+1/t28-,29-,39+,40+/m0/s1. The highest BCUT2D eigenvalue weighted by molar-refractivity contribution is 7.13. The Hall–Kier alpha value is -4.90. The van der Waals surface area contributed by atoms with E-state index in [4.69, 9.17) is 40.2 Å². The number of amides is 6. The Bertz CT molecular complexity index is 2370. The number of likely N-dealkylation sites (N-methyl/N-ethyl adjacent to an activating group) is 2. The molecule has 4 saturated heterocycles. The van der Waals surface area contributed by atoms with Gasteiger partial charge in [0.25, 0.3) is 22.1 Å². The van der Waals surface area contributed by atoms with Crippen molar-refractivity contribution in [3.8, 4) is 0 Å². The van der Waals surface area contributed by atoms with Gasteiger partial charge in [-0.15, -0.1) is 11.3 Å². The third-order valence-corrected chi connectivity index (χ3v) is 13.8. The molecule has 8 rings (SSSR count). The summed E-state index contributed by atoms with van der Waals surface area (Å²) in [5.74, 6) is -2.52. The summed E-state index contributed by atoms with van der Waals surface area (Å²) < 4.78 is 1.42. The Morgan fingerprint density at radius 1 is 0.948 bits per heavy atom. The minimum absolute atomic E-state index is 0.0360. The van der Waals surface area contributed by atoms with Gasteiger partial charge in [0.15, 0.2) is 0 Å². The number of carbonyl (C=O) groups is 5. The average molecular weight is 865 g/mol. The minimum Gasteiger partial charge on any atom is -0.477 e. The van der Waals surface area contributed by atoms with Crippen molar-refractivity contribution >= 4 is 87.4 Å². The number of carboxylic acid groups (broad SMARTS) is 1. The molecule has 2 aromatic heterocycles. The molecule has 14 nitrogen and oxygen atoms in total. The summed E-state index contributed by atoms with van der Waals surface area (Å²) >= 11 is 20.1. The molecule has 4 aliphatic rings. The number of urea groups is 2. The quantitative estimate of drug-likeness (QED) is 0.0562. The van der Waals surface area contributed by atoms with Crippen LogP contribution in [-0.2, 0) is 22.1 Å². The third-order valence-electron chi connectivity index (χ3n) is 11.9. The van der Waals surface area contributed by atoms with Crippen LogP contribution in [0.3, 0.4) is 0 Å². The number of nitrogens with zero attached hydrogens (tertiary/aromatic N) is 5. The van der Waals surface area contributed by atoms with E-state index in [9.17, 15) is 29.1 Å². The van der Waals surface area contributed by atoms with Crippen LogP contribution in [0, 0.1) is 5.41 Å². The first-order chi connectivity index (χ1) is 27.7. The molecular formula is C40H38Cl3N8O6S+. The number of pyridine rings is 1. The van der Waals surface area contributed by atoms with Crippen molar-refractivity contribution in [2.75, 3.05) is 44.7 Å². The number of anilines is 1. The molecule has 4 atom stereocenters. The van der Waals surface area contributed by atoms with Crippen molar-refractivity contribution < 1.29 is 33.6 Å². The first kappa shape index (κ1) is 39.9. The summed E-state index contributed by atoms with van der Waals surface area (Å²) in [5.41, 5.74) is 0.971. The number of hydrogen-bond acceptors (Lipinski definition) is 9. The van der Waals surface area contributed by atoms with Gasteiger partial charge in [-0.1, -0.05) is 48.5 Å². The van der Waals surface area contributed by atoms with Gasteiger partial charge in [-0.3, -0.25) is 24.8 Å². The normalized spacial score (nSPS) is 24.6. The number of aromatic nitrogens is 1. The summed E-state index contributed by atoms with van der Waals surface area (Å²) in [4.78, 5) is 73.2. The van der Waals surface area contributed by atoms with Crippen molar-refractivity contribution in [1.29, 1.82) is 5.41 Å². The molecule has 0 saturated carbocycles. The van der Waals surface area contributed by atoms with Gasteiger partial charge < -0.3 is 20.6 Å². The van der Waals surface area contributed by atoms with Gasteiger partial charge in [0.2, 0.25) is 6.00 Å². The third kappa shape index (κ3) is 6.26. The van der Waals surface area contributed by atoms with Crippen molar-refractivity contribution in [3.63, 3.8) is 0 Å². The number of rotatable bonds is 10. The number of alkyl halides is 1. The van der Waals surface area contributed by atoms with E-state index in [2.05, 4.69) is 10.6 Å². The number of carbonyl (C=O) groups excluding carboxylic acids is 4. The Morgan fingerprint density at radius 2 is 1.57 bits per heavy atom. The second kappa shape index (κ2) is 15.0. The second-order valence-electron chi connectivity index (χ2n) is 14.9. The highest BCUT2D eigenvalue weighted by Crippen LogP contribution is 2.47. The van der Waals surface area contributed by atoms with Gasteiger partial charge in [0.1, 0.15) is 16.0 Å². The second-order valence-corrected chi connectivity index (χ2v) is 17.0. The molecule has 2 aromatic carbocycles. The van der Waals surface area contributed by atoms with Crippen molar-refractivity contribution in [2.45, 2.75) is 42.4 Å². The summed E-state index contributed by atoms with van der Waals surface area (Å²) in [7, 11) is 1.60. The number of benzene rings is 2. The summed E-state index contributed by atoms with van der Waals surface area (Å²) in [6.07, 6.45) is 0. The van der Waals surface area contributed by atoms with E-state index >= 15 is 0 Å². The van der Waals surface area contributed by atoms with E-state index < -0.39 is 40.9 Å². The molecule has 6 heterocycles. The fourth-order valence-corrected chi connectivity index (χ4v) is 10.7. The number of hydrogen-bond donors (Lipinski definition) is 4. The van der Waals surface area contributed by atoms with Crippen LogP contribution in [0.25, 0.3) is 0 Å². The Morgan fingerprint density at radius 3 is 2.12 bits per heavy atom. The maximum atomic E-state index is 14.8. The lowest BCUT2D eigenvalue weighted by molar-refractivity contribution is -0.673. The molecule has 4 aliphatic heterocycles. The lowest BCUT2D eigenvalue weighted by Gasteiger charge is -2.34. The van der Waals surface area contributed by atoms with Gasteiger partial charge in [-0.05, 0) is 65.0 Å². The van der Waals surface area contributed by atoms with Gasteiger partial charge in [0, 0.05) is 86.3 Å². The molecule has 2 spiro atoms. The fourth-order valence-electron chi connectivity index (χ4n) is 8.87. The lowest BCUT2D eigenvalue weighted by Crippen LogP contribution is -2.53. The van der Waals surface area contributed by atoms with Gasteiger partial charge >= 0.3 is 18.0 Å². The fraction of sp³-hybridized carbons (Fsp3) is 0.325. The van der Waals surface area contributed by atoms with Crippen LogP contribution < -0.4 is 20.1 Å². The molecule has 0 bridgehead atoms. The predicted octanol–water partition coefficient (Wildman–Crippen LogP) is 5.09. The van der Waals surface area contributed by atoms with Crippen molar-refractivity contribution in [2.24, 2.45) is 0 Å². The number of halogens is 3. The van der Waals surface area contributed by atoms with Gasteiger partial charge in [-0.25, -0.2) is 19.3 Å². The maximum Gasteiger partial charge on any atom is 0.345 e. The number of carboxylic acids is 1. The summed E-state index contributed by atoms with van der Waals surface area (Å²) in [5, 5.41) is 25.1. The van der Waals surface area contributed by atoms with E-state index in [1.165, 1.54) is 26.5 Å². The summed E-state index contributed by atoms with van der Waals surface area (Å²) in [6.45, 7) is 3.80. The summed E-state index contributed by atoms with van der Waals surface area (Å²) in [6, 6.07) is 20.1. The number of likely N-dealkylation sites (tertiary alicyclic amines) is 1. The van der Waals surface area contributed by atoms with Crippen LogP contribution in [0.5, 0.6) is 0 Å². The van der Waals surface area contributed by atoms with Gasteiger partial charge in [-0.2, -0.15) is 4.57 Å². The zero-order valence-electron chi connectivity index (χ0n) is 31.3. The predicted molar refractivity (Wildman–Crippen MR) is 218 cm³/mol. The highest BCUT2D eigenvalue weighted by Gasteiger charge is 2.64. The zero-order chi connectivity index (χ0) is 41.3. The molecule has 58 heavy (non-hydrogen) atoms. The van der Waals surface area contributed by atoms with Crippen LogP contribution in [0.1, 0.15) is 55.6 Å². The van der Waals surface area contributed by atoms with E-state index in [1.807, 2.05) is 53.4 Å². The van der Waals surface area contributed by atoms with Crippen molar-refractivity contribution in [3.05, 3.63) is 115 Å². The molecule has 4 aromatic rings. The monoisotopic (exact) mass is 863 g/mol. The molecule has 0 unspecified atom stereocenters. The van der Waals surface area contributed by atoms with E-state index in [0.29, 0.717) is 37.3 Å². The van der Waals surface area contributed by atoms with E-state index in [0.717, 1.165) is 32.2 Å². The minimum atomic E-state index is -1.35. The molecule has 4 fully saturated rings. The first-order valence-corrected chi connectivity index (χ1v) is 20.6. The van der Waals surface area contributed by atoms with Gasteiger partial charge in [0.05, 0.1) is 11.4 Å². The van der Waals surface area contributed by atoms with Crippen LogP contribution in [-0.4, -0.2) is 106 Å². The largest absolute Gasteiger partial charge is 0.477 e. The number of imide groups is 2. The van der Waals surface area contributed by atoms with Crippen LogP contribution in [0.2, 0.25) is 10.3 Å². The highest BCUT2D eigenvalue weighted by atomic mass is 35.5. The molecule has 0 radical (unpaired) electrons.